The zero-order valence-corrected chi connectivity index (χ0v) is 14.7. The van der Waals surface area contributed by atoms with Crippen LogP contribution in [0.15, 0.2) is 68.7 Å². The Morgan fingerprint density at radius 3 is 2.64 bits per heavy atom. The second-order valence-electron chi connectivity index (χ2n) is 5.61. The fourth-order valence-corrected chi connectivity index (χ4v) is 3.59. The molecule has 2 aromatic rings. The fourth-order valence-electron chi connectivity index (χ4n) is 2.96. The number of rotatable bonds is 4. The summed E-state index contributed by atoms with van der Waals surface area (Å²) in [6.45, 7) is 1.82. The van der Waals surface area contributed by atoms with Gasteiger partial charge < -0.3 is 9.73 Å². The van der Waals surface area contributed by atoms with Gasteiger partial charge in [-0.2, -0.15) is 5.26 Å². The number of carbonyl (C=O) groups excluding carboxylic acids is 1. The molecule has 1 amide bonds. The number of nitrogens with zero attached hydrogens (tertiary/aromatic N) is 2. The van der Waals surface area contributed by atoms with Crippen LogP contribution in [0.2, 0.25) is 0 Å². The first-order valence-electron chi connectivity index (χ1n) is 7.78. The van der Waals surface area contributed by atoms with Gasteiger partial charge in [-0.25, -0.2) is 4.99 Å². The van der Waals surface area contributed by atoms with E-state index in [-0.39, 0.29) is 5.91 Å². The highest BCUT2D eigenvalue weighted by Gasteiger charge is 2.40. The molecule has 1 aliphatic rings. The first-order chi connectivity index (χ1) is 12.2. The summed E-state index contributed by atoms with van der Waals surface area (Å²) in [5.74, 6) is -0.701. The maximum atomic E-state index is 13.0. The minimum atomic E-state index is -0.600. The average molecular weight is 351 g/mol. The largest absolute Gasteiger partial charge is 0.469 e. The van der Waals surface area contributed by atoms with Crippen molar-refractivity contribution >= 4 is 29.1 Å². The van der Waals surface area contributed by atoms with E-state index >= 15 is 0 Å². The zero-order chi connectivity index (χ0) is 17.8. The Morgan fingerprint density at radius 1 is 1.28 bits per heavy atom. The lowest BCUT2D eigenvalue weighted by molar-refractivity contribution is -0.118. The molecule has 2 heterocycles. The minimum Gasteiger partial charge on any atom is -0.469 e. The van der Waals surface area contributed by atoms with Gasteiger partial charge in [-0.3, -0.25) is 4.79 Å². The van der Waals surface area contributed by atoms with Crippen molar-refractivity contribution in [1.29, 1.82) is 5.26 Å². The SMILES string of the molecule is CSC1=C(C#N)[C@H](c2ccco2)C(C(=O)Nc2ccccc2)C(C)=N1. The molecule has 1 unspecified atom stereocenters. The van der Waals surface area contributed by atoms with Crippen LogP contribution < -0.4 is 5.32 Å². The number of para-hydroxylation sites is 1. The monoisotopic (exact) mass is 351 g/mol. The van der Waals surface area contributed by atoms with Gasteiger partial charge in [-0.15, -0.1) is 11.8 Å². The van der Waals surface area contributed by atoms with E-state index in [1.165, 1.54) is 11.8 Å². The first kappa shape index (κ1) is 17.1. The van der Waals surface area contributed by atoms with Gasteiger partial charge in [0, 0.05) is 11.4 Å². The summed E-state index contributed by atoms with van der Waals surface area (Å²) in [6, 6.07) is 15.0. The Hall–Kier alpha value is -2.78. The number of nitrogens with one attached hydrogen (secondary N) is 1. The van der Waals surface area contributed by atoms with Crippen LogP contribution in [0.5, 0.6) is 0 Å². The predicted molar refractivity (Wildman–Crippen MR) is 99.3 cm³/mol. The lowest BCUT2D eigenvalue weighted by Gasteiger charge is -2.29. The zero-order valence-electron chi connectivity index (χ0n) is 13.9. The van der Waals surface area contributed by atoms with Gasteiger partial charge in [0.2, 0.25) is 5.91 Å². The van der Waals surface area contributed by atoms with Gasteiger partial charge in [-0.05, 0) is 37.4 Å². The lowest BCUT2D eigenvalue weighted by atomic mass is 9.79. The van der Waals surface area contributed by atoms with E-state index in [0.717, 1.165) is 0 Å². The van der Waals surface area contributed by atoms with Gasteiger partial charge in [0.25, 0.3) is 0 Å². The smallest absolute Gasteiger partial charge is 0.234 e. The Morgan fingerprint density at radius 2 is 2.04 bits per heavy atom. The highest BCUT2D eigenvalue weighted by molar-refractivity contribution is 8.02. The van der Waals surface area contributed by atoms with Gasteiger partial charge in [0.15, 0.2) is 0 Å². The third-order valence-corrected chi connectivity index (χ3v) is 4.79. The molecular formula is C19H17N3O2S. The molecule has 0 saturated carbocycles. The van der Waals surface area contributed by atoms with Crippen molar-refractivity contribution in [3.05, 3.63) is 65.1 Å². The van der Waals surface area contributed by atoms with Crippen molar-refractivity contribution in [1.82, 2.24) is 0 Å². The molecule has 1 aliphatic heterocycles. The quantitative estimate of drug-likeness (QED) is 0.896. The van der Waals surface area contributed by atoms with E-state index < -0.39 is 11.8 Å². The molecule has 1 N–H and O–H groups in total. The van der Waals surface area contributed by atoms with Crippen LogP contribution in [0.4, 0.5) is 5.69 Å². The molecule has 1 aromatic heterocycles. The second-order valence-corrected chi connectivity index (χ2v) is 6.41. The maximum absolute atomic E-state index is 13.0. The number of amides is 1. The molecule has 0 spiro atoms. The van der Waals surface area contributed by atoms with Crippen molar-refractivity contribution in [3.63, 3.8) is 0 Å². The molecule has 0 fully saturated rings. The Labute approximate surface area is 150 Å². The third kappa shape index (κ3) is 3.37. The van der Waals surface area contributed by atoms with Crippen LogP contribution in [-0.2, 0) is 4.79 Å². The molecule has 25 heavy (non-hydrogen) atoms. The molecule has 1 aromatic carbocycles. The molecule has 0 bridgehead atoms. The predicted octanol–water partition coefficient (Wildman–Crippen LogP) is 4.19. The molecule has 126 valence electrons. The highest BCUT2D eigenvalue weighted by Crippen LogP contribution is 2.41. The van der Waals surface area contributed by atoms with Gasteiger partial charge in [-0.1, -0.05) is 18.2 Å². The number of carbonyl (C=O) groups is 1. The first-order valence-corrected chi connectivity index (χ1v) is 9.01. The van der Waals surface area contributed by atoms with Gasteiger partial charge in [0.1, 0.15) is 10.8 Å². The van der Waals surface area contributed by atoms with Crippen LogP contribution in [0, 0.1) is 17.2 Å². The normalized spacial score (nSPS) is 20.0. The third-order valence-electron chi connectivity index (χ3n) is 4.09. The molecule has 0 saturated heterocycles. The molecule has 0 radical (unpaired) electrons. The summed E-state index contributed by atoms with van der Waals surface area (Å²) in [7, 11) is 0. The Bertz CT molecular complexity index is 864. The number of aliphatic imine (C=N–C) groups is 1. The number of nitriles is 1. The number of allylic oxidation sites excluding steroid dienone is 1. The number of furan rings is 1. The Balaban J connectivity index is 2.02. The summed E-state index contributed by atoms with van der Waals surface area (Å²) in [6.07, 6.45) is 3.42. The number of thioether (sulfide) groups is 1. The van der Waals surface area contributed by atoms with Crippen LogP contribution in [0.25, 0.3) is 0 Å². The van der Waals surface area contributed by atoms with Gasteiger partial charge >= 0.3 is 0 Å². The van der Waals surface area contributed by atoms with Crippen LogP contribution in [0.3, 0.4) is 0 Å². The number of anilines is 1. The standard InChI is InChI=1S/C19H17N3O2S/c1-12-16(18(23)22-13-7-4-3-5-8-13)17(15-9-6-10-24-15)14(11-20)19(21-12)25-2/h3-10,16-17H,1-2H3,(H,22,23)/t16?,17-/m1/s1. The van der Waals surface area contributed by atoms with E-state index in [0.29, 0.717) is 27.8 Å². The van der Waals surface area contributed by atoms with Gasteiger partial charge in [0.05, 0.1) is 29.7 Å². The summed E-state index contributed by atoms with van der Waals surface area (Å²) >= 11 is 1.40. The molecular weight excluding hydrogens is 334 g/mol. The summed E-state index contributed by atoms with van der Waals surface area (Å²) in [5, 5.41) is 13.2. The van der Waals surface area contributed by atoms with Crippen LogP contribution in [-0.4, -0.2) is 17.9 Å². The van der Waals surface area contributed by atoms with Crippen molar-refractivity contribution in [3.8, 4) is 6.07 Å². The summed E-state index contributed by atoms with van der Waals surface area (Å²) < 4.78 is 5.55. The van der Waals surface area contributed by atoms with Crippen molar-refractivity contribution in [2.45, 2.75) is 12.8 Å². The molecule has 6 heteroatoms. The van der Waals surface area contributed by atoms with E-state index in [9.17, 15) is 10.1 Å². The number of benzene rings is 1. The number of hydrogen-bond donors (Lipinski definition) is 1. The summed E-state index contributed by atoms with van der Waals surface area (Å²) in [5.41, 5.74) is 1.83. The van der Waals surface area contributed by atoms with E-state index in [2.05, 4.69) is 16.4 Å². The second kappa shape index (κ2) is 7.41. The van der Waals surface area contributed by atoms with Crippen LogP contribution >= 0.6 is 11.8 Å². The minimum absolute atomic E-state index is 0.207. The summed E-state index contributed by atoms with van der Waals surface area (Å²) in [4.78, 5) is 17.5. The average Bonchev–Trinajstić information content (AvgIpc) is 3.15. The molecule has 5 nitrogen and oxygen atoms in total. The van der Waals surface area contributed by atoms with Crippen LogP contribution in [0.1, 0.15) is 18.6 Å². The molecule has 0 aliphatic carbocycles. The fraction of sp³-hybridized carbons (Fsp3) is 0.211. The van der Waals surface area contributed by atoms with E-state index in [1.54, 1.807) is 18.4 Å². The molecule has 3 rings (SSSR count). The van der Waals surface area contributed by atoms with Crippen molar-refractivity contribution in [2.24, 2.45) is 10.9 Å². The van der Waals surface area contributed by atoms with Crippen molar-refractivity contribution < 1.29 is 9.21 Å². The number of hydrogen-bond acceptors (Lipinski definition) is 5. The lowest BCUT2D eigenvalue weighted by Crippen LogP contribution is -2.36. The molecule has 2 atom stereocenters. The van der Waals surface area contributed by atoms with E-state index in [1.807, 2.05) is 43.5 Å². The highest BCUT2D eigenvalue weighted by atomic mass is 32.2. The topological polar surface area (TPSA) is 78.4 Å². The van der Waals surface area contributed by atoms with Crippen molar-refractivity contribution in [2.75, 3.05) is 11.6 Å². The van der Waals surface area contributed by atoms with E-state index in [4.69, 9.17) is 4.42 Å². The maximum Gasteiger partial charge on any atom is 0.234 e. The Kier molecular flexibility index (Phi) is 5.05.